The summed E-state index contributed by atoms with van der Waals surface area (Å²) in [6.07, 6.45) is -7.64. The van der Waals surface area contributed by atoms with Gasteiger partial charge in [0.1, 0.15) is 5.60 Å². The maximum absolute atomic E-state index is 10.6. The topological polar surface area (TPSA) is 150 Å². The number of carbonyl (C=O) groups is 3. The van der Waals surface area contributed by atoms with Gasteiger partial charge in [-0.2, -0.15) is 39.5 Å². The molecule has 3 aliphatic heterocycles. The molecule has 3 fully saturated rings. The van der Waals surface area contributed by atoms with E-state index in [0.29, 0.717) is 5.92 Å². The zero-order valence-corrected chi connectivity index (χ0v) is 23.5. The summed E-state index contributed by atoms with van der Waals surface area (Å²) in [6.45, 7) is 9.09. The molecule has 0 radical (unpaired) electrons. The van der Waals surface area contributed by atoms with Crippen LogP contribution >= 0.6 is 0 Å². The van der Waals surface area contributed by atoms with E-state index in [1.807, 2.05) is 12.4 Å². The third kappa shape index (κ3) is 16.1. The number of carboxylic acids is 3. The smallest absolute Gasteiger partial charge is 0.475 e. The first-order valence-corrected chi connectivity index (χ1v) is 13.1. The van der Waals surface area contributed by atoms with Crippen molar-refractivity contribution in [2.24, 2.45) is 5.92 Å². The van der Waals surface area contributed by atoms with Gasteiger partial charge >= 0.3 is 36.4 Å². The molecule has 1 aromatic heterocycles. The van der Waals surface area contributed by atoms with E-state index in [9.17, 15) is 39.5 Å². The highest BCUT2D eigenvalue weighted by molar-refractivity contribution is 5.73. The monoisotopic (exact) mass is 673 g/mol. The maximum Gasteiger partial charge on any atom is 0.490 e. The average Bonchev–Trinajstić information content (AvgIpc) is 3.52. The van der Waals surface area contributed by atoms with Crippen molar-refractivity contribution in [2.45, 2.75) is 49.9 Å². The van der Waals surface area contributed by atoms with E-state index in [1.165, 1.54) is 38.0 Å². The van der Waals surface area contributed by atoms with E-state index >= 15 is 0 Å². The second kappa shape index (κ2) is 17.5. The first-order chi connectivity index (χ1) is 20.6. The van der Waals surface area contributed by atoms with Gasteiger partial charge in [0.25, 0.3) is 0 Å². The lowest BCUT2D eigenvalue weighted by Gasteiger charge is -2.31. The van der Waals surface area contributed by atoms with Crippen LogP contribution in [0, 0.1) is 5.92 Å². The Balaban J connectivity index is 0.000000396. The minimum absolute atomic E-state index is 0.103. The Morgan fingerprint density at radius 2 is 1.29 bits per heavy atom. The van der Waals surface area contributed by atoms with Crippen molar-refractivity contribution < 1.29 is 78.7 Å². The molecule has 1 spiro atoms. The van der Waals surface area contributed by atoms with Crippen LogP contribution in [0.25, 0.3) is 0 Å². The molecule has 1 aromatic rings. The molecular weight excluding hydrogens is 641 g/mol. The number of ether oxygens (including phenoxy) is 2. The van der Waals surface area contributed by atoms with Gasteiger partial charge in [-0.15, -0.1) is 0 Å². The van der Waals surface area contributed by atoms with Crippen LogP contribution in [0.3, 0.4) is 0 Å². The van der Waals surface area contributed by atoms with Gasteiger partial charge in [0.15, 0.2) is 0 Å². The molecule has 0 aromatic carbocycles. The number of likely N-dealkylation sites (tertiary alicyclic amines) is 1. The van der Waals surface area contributed by atoms with Gasteiger partial charge in [-0.3, -0.25) is 9.88 Å². The van der Waals surface area contributed by atoms with Gasteiger partial charge in [0, 0.05) is 38.6 Å². The number of hydrogen-bond acceptors (Lipinski definition) is 8. The fraction of sp³-hybridized carbons (Fsp3) is 0.680. The Morgan fingerprint density at radius 1 is 0.822 bits per heavy atom. The molecule has 0 aliphatic carbocycles. The van der Waals surface area contributed by atoms with Crippen LogP contribution in [0.5, 0.6) is 0 Å². The molecule has 4 heterocycles. The van der Waals surface area contributed by atoms with Gasteiger partial charge < -0.3 is 29.7 Å². The molecule has 4 rings (SSSR count). The average molecular weight is 674 g/mol. The van der Waals surface area contributed by atoms with Crippen LogP contribution in [0.2, 0.25) is 0 Å². The summed E-state index contributed by atoms with van der Waals surface area (Å²) in [5, 5.41) is 21.4. The van der Waals surface area contributed by atoms with Crippen LogP contribution in [-0.2, 0) is 30.4 Å². The highest BCUT2D eigenvalue weighted by Gasteiger charge is 2.44. The standard InChI is InChI=1S/C19H29N3O2.3C2HF3O2/c1-2-8-21(7-1)13-18-11-19(24-14-18)15-22(9-10-23-16-19)12-17-3-5-20-6-4-17;3*3-2(4,5)1(6)7/h3-6,18H,1-2,7-16H2;3*(H,6,7). The van der Waals surface area contributed by atoms with Crippen molar-refractivity contribution >= 4 is 17.9 Å². The summed E-state index contributed by atoms with van der Waals surface area (Å²) in [5.41, 5.74) is 1.21. The predicted molar refractivity (Wildman–Crippen MR) is 134 cm³/mol. The van der Waals surface area contributed by atoms with Crippen LogP contribution in [0.4, 0.5) is 39.5 Å². The number of rotatable bonds is 4. The fourth-order valence-electron chi connectivity index (χ4n) is 4.46. The zero-order chi connectivity index (χ0) is 34.5. The highest BCUT2D eigenvalue weighted by Crippen LogP contribution is 2.34. The van der Waals surface area contributed by atoms with E-state index in [2.05, 4.69) is 26.9 Å². The summed E-state index contributed by atoms with van der Waals surface area (Å²) < 4.78 is 107. The lowest BCUT2D eigenvalue weighted by Crippen LogP contribution is -2.44. The van der Waals surface area contributed by atoms with E-state index in [-0.39, 0.29) is 5.60 Å². The molecule has 11 nitrogen and oxygen atoms in total. The lowest BCUT2D eigenvalue weighted by molar-refractivity contribution is -0.193. The van der Waals surface area contributed by atoms with E-state index in [4.69, 9.17) is 39.2 Å². The molecule has 2 atom stereocenters. The Morgan fingerprint density at radius 3 is 1.73 bits per heavy atom. The molecule has 3 aliphatic rings. The molecule has 0 bridgehead atoms. The molecule has 45 heavy (non-hydrogen) atoms. The van der Waals surface area contributed by atoms with Crippen molar-refractivity contribution in [2.75, 3.05) is 52.5 Å². The minimum Gasteiger partial charge on any atom is -0.475 e. The third-order valence-corrected chi connectivity index (χ3v) is 6.31. The first kappa shape index (κ1) is 39.8. The normalized spacial score (nSPS) is 22.6. The summed E-state index contributed by atoms with van der Waals surface area (Å²) in [5.74, 6) is -7.61. The first-order valence-electron chi connectivity index (χ1n) is 13.1. The van der Waals surface area contributed by atoms with Gasteiger partial charge in [-0.05, 0) is 56.0 Å². The van der Waals surface area contributed by atoms with Gasteiger partial charge in [-0.1, -0.05) is 0 Å². The third-order valence-electron chi connectivity index (χ3n) is 6.31. The molecule has 258 valence electrons. The number of aliphatic carboxylic acids is 3. The van der Waals surface area contributed by atoms with Crippen molar-refractivity contribution in [3.8, 4) is 0 Å². The Bertz CT molecular complexity index is 1010. The van der Waals surface area contributed by atoms with Crippen molar-refractivity contribution in [1.82, 2.24) is 14.8 Å². The second-order valence-corrected chi connectivity index (χ2v) is 10.1. The molecule has 0 amide bonds. The Labute approximate surface area is 250 Å². The number of halogens is 9. The molecule has 0 saturated carbocycles. The second-order valence-electron chi connectivity index (χ2n) is 10.1. The van der Waals surface area contributed by atoms with Crippen molar-refractivity contribution in [3.05, 3.63) is 30.1 Å². The highest BCUT2D eigenvalue weighted by atomic mass is 19.4. The molecular formula is C25H32F9N3O8. The van der Waals surface area contributed by atoms with Crippen molar-refractivity contribution in [3.63, 3.8) is 0 Å². The SMILES string of the molecule is O=C(O)C(F)(F)F.O=C(O)C(F)(F)F.O=C(O)C(F)(F)F.c1cc(CN2CCOCC3(CC(CN4CCCC4)CO3)C2)ccn1. The van der Waals surface area contributed by atoms with Crippen molar-refractivity contribution in [1.29, 1.82) is 0 Å². The summed E-state index contributed by atoms with van der Waals surface area (Å²) in [7, 11) is 0. The fourth-order valence-corrected chi connectivity index (χ4v) is 4.46. The number of alkyl halides is 9. The zero-order valence-electron chi connectivity index (χ0n) is 23.5. The summed E-state index contributed by atoms with van der Waals surface area (Å²) in [6, 6.07) is 4.20. The van der Waals surface area contributed by atoms with E-state index in [1.54, 1.807) is 0 Å². The number of hydrogen-bond donors (Lipinski definition) is 3. The number of pyridine rings is 1. The number of aromatic nitrogens is 1. The van der Waals surface area contributed by atoms with Crippen LogP contribution in [-0.4, -0.2) is 125 Å². The van der Waals surface area contributed by atoms with Crippen LogP contribution < -0.4 is 0 Å². The predicted octanol–water partition coefficient (Wildman–Crippen LogP) is 3.68. The van der Waals surface area contributed by atoms with Gasteiger partial charge in [0.2, 0.25) is 0 Å². The van der Waals surface area contributed by atoms with Gasteiger partial charge in [0.05, 0.1) is 19.8 Å². The Hall–Kier alpha value is -3.23. The number of carboxylic acid groups (broad SMARTS) is 3. The molecule has 2 unspecified atom stereocenters. The summed E-state index contributed by atoms with van der Waals surface area (Å²) in [4.78, 5) is 35.9. The van der Waals surface area contributed by atoms with E-state index < -0.39 is 36.4 Å². The maximum atomic E-state index is 10.6. The van der Waals surface area contributed by atoms with Crippen LogP contribution in [0.1, 0.15) is 24.8 Å². The molecule has 3 N–H and O–H groups in total. The van der Waals surface area contributed by atoms with Gasteiger partial charge in [-0.25, -0.2) is 14.4 Å². The van der Waals surface area contributed by atoms with Crippen LogP contribution in [0.15, 0.2) is 24.5 Å². The Kier molecular flexibility index (Phi) is 15.4. The largest absolute Gasteiger partial charge is 0.490 e. The summed E-state index contributed by atoms with van der Waals surface area (Å²) >= 11 is 0. The minimum atomic E-state index is -5.08. The molecule has 3 saturated heterocycles. The van der Waals surface area contributed by atoms with E-state index in [0.717, 1.165) is 45.9 Å². The molecule has 20 heteroatoms. The quantitative estimate of drug-likeness (QED) is 0.402. The lowest BCUT2D eigenvalue weighted by atomic mass is 9.93. The number of nitrogens with zero attached hydrogens (tertiary/aromatic N) is 3.